The normalized spacial score (nSPS) is 13.2. The number of pyridine rings is 1. The van der Waals surface area contributed by atoms with E-state index < -0.39 is 0 Å². The molecule has 0 bridgehead atoms. The number of fused-ring (bicyclic) bond motifs is 1. The van der Waals surface area contributed by atoms with Crippen molar-refractivity contribution in [3.63, 3.8) is 0 Å². The maximum atomic E-state index is 5.86. The summed E-state index contributed by atoms with van der Waals surface area (Å²) in [7, 11) is 0. The van der Waals surface area contributed by atoms with Crippen LogP contribution in [0, 0.1) is 0 Å². The van der Waals surface area contributed by atoms with Crippen LogP contribution < -0.4 is 26.7 Å². The van der Waals surface area contributed by atoms with E-state index in [9.17, 15) is 0 Å². The van der Waals surface area contributed by atoms with Crippen molar-refractivity contribution in [3.05, 3.63) is 67.0 Å². The van der Waals surface area contributed by atoms with E-state index in [0.29, 0.717) is 11.4 Å². The number of anilines is 4. The van der Waals surface area contributed by atoms with Crippen LogP contribution in [-0.2, 0) is 0 Å². The first-order valence-corrected chi connectivity index (χ1v) is 7.49. The third-order valence-corrected chi connectivity index (χ3v) is 4.07. The molecular weight excluding hydrogens is 286 g/mol. The molecule has 0 amide bonds. The first kappa shape index (κ1) is 13.5. The van der Waals surface area contributed by atoms with E-state index in [1.54, 1.807) is 0 Å². The van der Waals surface area contributed by atoms with Crippen LogP contribution in [0.3, 0.4) is 0 Å². The Labute approximate surface area is 134 Å². The van der Waals surface area contributed by atoms with Crippen molar-refractivity contribution in [2.24, 2.45) is 0 Å². The molecule has 114 valence electrons. The van der Waals surface area contributed by atoms with Crippen LogP contribution in [-0.4, -0.2) is 0 Å². The molecule has 1 aromatic heterocycles. The molecule has 4 rings (SSSR count). The fourth-order valence-electron chi connectivity index (χ4n) is 2.78. The number of nitrogens with two attached hydrogens (primary N) is 2. The summed E-state index contributed by atoms with van der Waals surface area (Å²) in [5, 5.41) is 6.79. The largest absolute Gasteiger partial charge is 0.397 e. The highest BCUT2D eigenvalue weighted by Crippen LogP contribution is 2.35. The van der Waals surface area contributed by atoms with Crippen LogP contribution in [0.2, 0.25) is 0 Å². The van der Waals surface area contributed by atoms with E-state index in [4.69, 9.17) is 11.5 Å². The van der Waals surface area contributed by atoms with Gasteiger partial charge in [0.25, 0.3) is 0 Å². The molecule has 0 aliphatic carbocycles. The van der Waals surface area contributed by atoms with Gasteiger partial charge in [0.1, 0.15) is 0 Å². The van der Waals surface area contributed by atoms with Crippen molar-refractivity contribution in [1.82, 2.24) is 0 Å². The van der Waals surface area contributed by atoms with Crippen molar-refractivity contribution < 1.29 is 4.57 Å². The van der Waals surface area contributed by atoms with E-state index in [1.165, 1.54) is 11.1 Å². The molecule has 6 N–H and O–H groups in total. The van der Waals surface area contributed by atoms with Crippen molar-refractivity contribution in [1.29, 1.82) is 0 Å². The maximum Gasteiger partial charge on any atom is 0.311 e. The minimum absolute atomic E-state index is 0.0592. The number of rotatable bonds is 2. The zero-order chi connectivity index (χ0) is 15.8. The zero-order valence-corrected chi connectivity index (χ0v) is 12.5. The van der Waals surface area contributed by atoms with E-state index >= 15 is 0 Å². The molecule has 3 aromatic rings. The molecule has 0 radical (unpaired) electrons. The number of aromatic nitrogens is 1. The van der Waals surface area contributed by atoms with Gasteiger partial charge < -0.3 is 22.1 Å². The molecule has 0 spiro atoms. The minimum atomic E-state index is -0.0592. The number of nitrogens with one attached hydrogen (secondary N) is 2. The summed E-state index contributed by atoms with van der Waals surface area (Å²) >= 11 is 0. The smallest absolute Gasteiger partial charge is 0.311 e. The van der Waals surface area contributed by atoms with Crippen LogP contribution in [0.1, 0.15) is 6.29 Å². The molecule has 1 aliphatic heterocycles. The molecule has 0 atom stereocenters. The second-order valence-electron chi connectivity index (χ2n) is 5.62. The predicted molar refractivity (Wildman–Crippen MR) is 93.6 cm³/mol. The lowest BCUT2D eigenvalue weighted by Crippen LogP contribution is -2.45. The van der Waals surface area contributed by atoms with Crippen LogP contribution in [0.4, 0.5) is 22.7 Å². The van der Waals surface area contributed by atoms with Crippen molar-refractivity contribution in [2.75, 3.05) is 22.1 Å². The SMILES string of the molecule is Nc1cc2c(cc1N)NC([n+]1ccc(-c3ccccc3)cc1)N2. The second-order valence-corrected chi connectivity index (χ2v) is 5.62. The average Bonchev–Trinajstić information content (AvgIpc) is 2.99. The van der Waals surface area contributed by atoms with E-state index in [0.717, 1.165) is 11.4 Å². The summed E-state index contributed by atoms with van der Waals surface area (Å²) in [6.07, 6.45) is 4.04. The third-order valence-electron chi connectivity index (χ3n) is 4.07. The van der Waals surface area contributed by atoms with Crippen LogP contribution in [0.5, 0.6) is 0 Å². The zero-order valence-electron chi connectivity index (χ0n) is 12.5. The van der Waals surface area contributed by atoms with Gasteiger partial charge >= 0.3 is 6.29 Å². The predicted octanol–water partition coefficient (Wildman–Crippen LogP) is 2.80. The average molecular weight is 304 g/mol. The van der Waals surface area contributed by atoms with Gasteiger partial charge in [0.15, 0.2) is 12.4 Å². The molecule has 5 heteroatoms. The van der Waals surface area contributed by atoms with Crippen molar-refractivity contribution in [2.45, 2.75) is 6.29 Å². The van der Waals surface area contributed by atoms with Gasteiger partial charge in [-0.15, -0.1) is 0 Å². The molecule has 0 unspecified atom stereocenters. The lowest BCUT2D eigenvalue weighted by molar-refractivity contribution is -0.710. The van der Waals surface area contributed by atoms with Crippen molar-refractivity contribution >= 4 is 22.7 Å². The van der Waals surface area contributed by atoms with Gasteiger partial charge in [-0.3, -0.25) is 0 Å². The number of hydrogen-bond acceptors (Lipinski definition) is 4. The van der Waals surface area contributed by atoms with Gasteiger partial charge in [-0.2, -0.15) is 4.57 Å². The highest BCUT2D eigenvalue weighted by molar-refractivity contribution is 5.83. The van der Waals surface area contributed by atoms with Crippen LogP contribution >= 0.6 is 0 Å². The molecule has 5 nitrogen and oxygen atoms in total. The standard InChI is InChI=1S/C18H18N5/c19-14-10-16-17(11-15(14)20)22-18(21-16)23-8-6-13(7-9-23)12-4-2-1-3-5-12/h1-11,18,21-22H,19-20H2/q+1. The van der Waals surface area contributed by atoms with Gasteiger partial charge in [0.2, 0.25) is 0 Å². The van der Waals surface area contributed by atoms with Crippen LogP contribution in [0.15, 0.2) is 67.0 Å². The van der Waals surface area contributed by atoms with Crippen LogP contribution in [0.25, 0.3) is 11.1 Å². The van der Waals surface area contributed by atoms with Gasteiger partial charge in [-0.05, 0) is 23.3 Å². The Balaban J connectivity index is 1.58. The molecule has 2 aromatic carbocycles. The summed E-state index contributed by atoms with van der Waals surface area (Å²) in [5.74, 6) is 0. The van der Waals surface area contributed by atoms with Gasteiger partial charge in [-0.25, -0.2) is 0 Å². The monoisotopic (exact) mass is 304 g/mol. The highest BCUT2D eigenvalue weighted by Gasteiger charge is 2.27. The first-order chi connectivity index (χ1) is 11.2. The molecule has 23 heavy (non-hydrogen) atoms. The Morgan fingerprint density at radius 2 is 1.26 bits per heavy atom. The maximum absolute atomic E-state index is 5.86. The third kappa shape index (κ3) is 2.42. The van der Waals surface area contributed by atoms with Crippen molar-refractivity contribution in [3.8, 4) is 11.1 Å². The highest BCUT2D eigenvalue weighted by atomic mass is 15.3. The first-order valence-electron chi connectivity index (χ1n) is 7.49. The van der Waals surface area contributed by atoms with Gasteiger partial charge in [0, 0.05) is 12.1 Å². The topological polar surface area (TPSA) is 80.0 Å². The molecule has 2 heterocycles. The quantitative estimate of drug-likeness (QED) is 0.433. The Morgan fingerprint density at radius 3 is 1.83 bits per heavy atom. The van der Waals surface area contributed by atoms with Gasteiger partial charge in [0.05, 0.1) is 22.7 Å². The molecular formula is C18H18N5+. The summed E-state index contributed by atoms with van der Waals surface area (Å²) < 4.78 is 2.07. The Kier molecular flexibility index (Phi) is 3.05. The fraction of sp³-hybridized carbons (Fsp3) is 0.0556. The van der Waals surface area contributed by atoms with E-state index in [2.05, 4.69) is 39.5 Å². The number of nitrogen functional groups attached to an aromatic ring is 2. The summed E-state index contributed by atoms with van der Waals surface area (Å²) in [4.78, 5) is 0. The molecule has 0 saturated carbocycles. The Bertz CT molecular complexity index is 812. The molecule has 0 fully saturated rings. The van der Waals surface area contributed by atoms with E-state index in [-0.39, 0.29) is 6.29 Å². The number of hydrogen-bond donors (Lipinski definition) is 4. The summed E-state index contributed by atoms with van der Waals surface area (Å²) in [5.41, 5.74) is 17.2. The minimum Gasteiger partial charge on any atom is -0.397 e. The lowest BCUT2D eigenvalue weighted by Gasteiger charge is -2.07. The number of nitrogens with zero attached hydrogens (tertiary/aromatic N) is 1. The Hall–Kier alpha value is -3.21. The van der Waals surface area contributed by atoms with Gasteiger partial charge in [-0.1, -0.05) is 30.3 Å². The number of benzene rings is 2. The lowest BCUT2D eigenvalue weighted by atomic mass is 10.1. The molecule has 0 saturated heterocycles. The Morgan fingerprint density at radius 1 is 0.739 bits per heavy atom. The summed E-state index contributed by atoms with van der Waals surface area (Å²) in [6, 6.07) is 18.2. The summed E-state index contributed by atoms with van der Waals surface area (Å²) in [6.45, 7) is 0. The second kappa shape index (κ2) is 5.21. The molecule has 1 aliphatic rings. The van der Waals surface area contributed by atoms with E-state index in [1.807, 2.05) is 42.7 Å². The fourth-order valence-corrected chi connectivity index (χ4v) is 2.78.